The molecule has 1 rings (SSSR count). The van der Waals surface area contributed by atoms with Crippen molar-refractivity contribution in [3.8, 4) is 6.07 Å². The van der Waals surface area contributed by atoms with E-state index in [2.05, 4.69) is 0 Å². The van der Waals surface area contributed by atoms with E-state index in [9.17, 15) is 4.79 Å². The molecule has 0 heterocycles. The van der Waals surface area contributed by atoms with Gasteiger partial charge in [0.1, 0.15) is 6.61 Å². The molecule has 0 unspecified atom stereocenters. The average molecular weight is 205 g/mol. The summed E-state index contributed by atoms with van der Waals surface area (Å²) in [6.45, 7) is 5.51. The molecule has 0 spiro atoms. The Morgan fingerprint density at radius 1 is 1.40 bits per heavy atom. The first-order valence-corrected chi connectivity index (χ1v) is 4.85. The van der Waals surface area contributed by atoms with Crippen molar-refractivity contribution in [1.82, 2.24) is 0 Å². The van der Waals surface area contributed by atoms with Crippen LogP contribution in [-0.4, -0.2) is 5.97 Å². The molecule has 0 saturated heterocycles. The van der Waals surface area contributed by atoms with E-state index < -0.39 is 0 Å². The first kappa shape index (κ1) is 13.2. The van der Waals surface area contributed by atoms with Gasteiger partial charge in [-0.05, 0) is 6.07 Å². The predicted molar refractivity (Wildman–Crippen MR) is 58.0 cm³/mol. The van der Waals surface area contributed by atoms with Crippen molar-refractivity contribution in [2.45, 2.75) is 27.4 Å². The van der Waals surface area contributed by atoms with Crippen molar-refractivity contribution in [3.05, 3.63) is 35.4 Å². The Hall–Kier alpha value is -1.82. The second kappa shape index (κ2) is 7.57. The molecule has 0 saturated carbocycles. The van der Waals surface area contributed by atoms with Crippen molar-refractivity contribution >= 4 is 5.97 Å². The van der Waals surface area contributed by atoms with E-state index in [1.165, 1.54) is 6.92 Å². The Morgan fingerprint density at radius 3 is 2.53 bits per heavy atom. The largest absolute Gasteiger partial charge is 0.461 e. The SMILES string of the molecule is CC.CC(=O)OCc1ccccc1C#N. The van der Waals surface area contributed by atoms with Crippen LogP contribution in [0.3, 0.4) is 0 Å². The van der Waals surface area contributed by atoms with E-state index in [-0.39, 0.29) is 12.6 Å². The summed E-state index contributed by atoms with van der Waals surface area (Å²) < 4.78 is 4.78. The fourth-order valence-corrected chi connectivity index (χ4v) is 0.935. The molecule has 0 N–H and O–H groups in total. The van der Waals surface area contributed by atoms with Crippen molar-refractivity contribution in [3.63, 3.8) is 0 Å². The average Bonchev–Trinajstić information content (AvgIpc) is 2.29. The number of esters is 1. The van der Waals surface area contributed by atoms with Crippen LogP contribution in [0.5, 0.6) is 0 Å². The molecular weight excluding hydrogens is 190 g/mol. The highest BCUT2D eigenvalue weighted by Crippen LogP contribution is 2.08. The summed E-state index contributed by atoms with van der Waals surface area (Å²) in [6, 6.07) is 9.07. The third kappa shape index (κ3) is 4.82. The highest BCUT2D eigenvalue weighted by molar-refractivity contribution is 5.66. The normalized spacial score (nSPS) is 8.13. The molecule has 0 aliphatic heterocycles. The minimum atomic E-state index is -0.340. The van der Waals surface area contributed by atoms with Crippen LogP contribution in [0.1, 0.15) is 31.9 Å². The lowest BCUT2D eigenvalue weighted by molar-refractivity contribution is -0.142. The minimum absolute atomic E-state index is 0.166. The van der Waals surface area contributed by atoms with E-state index >= 15 is 0 Å². The van der Waals surface area contributed by atoms with Crippen LogP contribution in [0.15, 0.2) is 24.3 Å². The third-order valence-electron chi connectivity index (χ3n) is 1.57. The maximum Gasteiger partial charge on any atom is 0.302 e. The van der Waals surface area contributed by atoms with E-state index in [0.29, 0.717) is 5.56 Å². The second-order valence-corrected chi connectivity index (χ2v) is 2.55. The zero-order valence-electron chi connectivity index (χ0n) is 9.28. The van der Waals surface area contributed by atoms with Crippen LogP contribution in [-0.2, 0) is 16.1 Å². The van der Waals surface area contributed by atoms with Crippen LogP contribution in [0.4, 0.5) is 0 Å². The monoisotopic (exact) mass is 205 g/mol. The maximum atomic E-state index is 10.5. The molecule has 1 aromatic carbocycles. The molecule has 3 nitrogen and oxygen atoms in total. The molecule has 1 aromatic rings. The van der Waals surface area contributed by atoms with E-state index in [1.54, 1.807) is 24.3 Å². The predicted octanol–water partition coefficient (Wildman–Crippen LogP) is 2.65. The fourth-order valence-electron chi connectivity index (χ4n) is 0.935. The summed E-state index contributed by atoms with van der Waals surface area (Å²) >= 11 is 0. The van der Waals surface area contributed by atoms with Crippen molar-refractivity contribution in [2.75, 3.05) is 0 Å². The first-order chi connectivity index (χ1) is 7.24. The van der Waals surface area contributed by atoms with Crippen molar-refractivity contribution in [1.29, 1.82) is 5.26 Å². The Kier molecular flexibility index (Phi) is 6.65. The molecule has 0 aliphatic rings. The number of benzene rings is 1. The van der Waals surface area contributed by atoms with Gasteiger partial charge in [-0.3, -0.25) is 4.79 Å². The topological polar surface area (TPSA) is 50.1 Å². The van der Waals surface area contributed by atoms with Gasteiger partial charge in [0, 0.05) is 12.5 Å². The zero-order valence-corrected chi connectivity index (χ0v) is 9.28. The summed E-state index contributed by atoms with van der Waals surface area (Å²) in [5.74, 6) is -0.340. The molecule has 0 aliphatic carbocycles. The lowest BCUT2D eigenvalue weighted by Gasteiger charge is -2.02. The van der Waals surface area contributed by atoms with Crippen LogP contribution in [0.2, 0.25) is 0 Å². The zero-order chi connectivity index (χ0) is 11.7. The van der Waals surface area contributed by atoms with Gasteiger partial charge in [-0.2, -0.15) is 5.26 Å². The number of carbonyl (C=O) groups excluding carboxylic acids is 1. The molecule has 80 valence electrons. The Balaban J connectivity index is 0.000000921. The molecule has 0 aromatic heterocycles. The van der Waals surface area contributed by atoms with Crippen LogP contribution in [0, 0.1) is 11.3 Å². The van der Waals surface area contributed by atoms with Crippen LogP contribution >= 0.6 is 0 Å². The molecule has 3 heteroatoms. The lowest BCUT2D eigenvalue weighted by Crippen LogP contribution is -2.00. The van der Waals surface area contributed by atoms with Gasteiger partial charge in [0.25, 0.3) is 0 Å². The Labute approximate surface area is 90.3 Å². The lowest BCUT2D eigenvalue weighted by atomic mass is 10.1. The van der Waals surface area contributed by atoms with Gasteiger partial charge in [-0.25, -0.2) is 0 Å². The van der Waals surface area contributed by atoms with E-state index in [4.69, 9.17) is 10.00 Å². The molecule has 0 radical (unpaired) electrons. The molecule has 0 amide bonds. The number of nitriles is 1. The summed E-state index contributed by atoms with van der Waals surface area (Å²) in [6.07, 6.45) is 0. The summed E-state index contributed by atoms with van der Waals surface area (Å²) in [5.41, 5.74) is 1.28. The van der Waals surface area contributed by atoms with Crippen LogP contribution < -0.4 is 0 Å². The quantitative estimate of drug-likeness (QED) is 0.697. The number of ether oxygens (including phenoxy) is 1. The van der Waals surface area contributed by atoms with E-state index in [0.717, 1.165) is 5.56 Å². The summed E-state index contributed by atoms with van der Waals surface area (Å²) in [4.78, 5) is 10.5. The maximum absolute atomic E-state index is 10.5. The van der Waals surface area contributed by atoms with Crippen molar-refractivity contribution in [2.24, 2.45) is 0 Å². The smallest absolute Gasteiger partial charge is 0.302 e. The van der Waals surface area contributed by atoms with Gasteiger partial charge < -0.3 is 4.74 Å². The van der Waals surface area contributed by atoms with Gasteiger partial charge in [-0.15, -0.1) is 0 Å². The highest BCUT2D eigenvalue weighted by Gasteiger charge is 2.01. The molecule has 0 fully saturated rings. The molecular formula is C12H15NO2. The first-order valence-electron chi connectivity index (χ1n) is 4.85. The summed E-state index contributed by atoms with van der Waals surface area (Å²) in [5, 5.41) is 8.69. The number of carbonyl (C=O) groups is 1. The standard InChI is InChI=1S/C10H9NO2.C2H6/c1-8(12)13-7-10-5-3-2-4-9(10)6-11;1-2/h2-5H,7H2,1H3;1-2H3. The summed E-state index contributed by atoms with van der Waals surface area (Å²) in [7, 11) is 0. The number of rotatable bonds is 2. The molecule has 0 atom stereocenters. The minimum Gasteiger partial charge on any atom is -0.461 e. The number of nitrogens with zero attached hydrogens (tertiary/aromatic N) is 1. The number of hydrogen-bond acceptors (Lipinski definition) is 3. The van der Waals surface area contributed by atoms with E-state index in [1.807, 2.05) is 19.9 Å². The second-order valence-electron chi connectivity index (χ2n) is 2.55. The fraction of sp³-hybridized carbons (Fsp3) is 0.333. The van der Waals surface area contributed by atoms with Gasteiger partial charge in [0.2, 0.25) is 0 Å². The van der Waals surface area contributed by atoms with Crippen molar-refractivity contribution < 1.29 is 9.53 Å². The molecule has 0 bridgehead atoms. The van der Waals surface area contributed by atoms with Gasteiger partial charge in [0.15, 0.2) is 0 Å². The highest BCUT2D eigenvalue weighted by atomic mass is 16.5. The molecule has 15 heavy (non-hydrogen) atoms. The third-order valence-corrected chi connectivity index (χ3v) is 1.57. The Morgan fingerprint density at radius 2 is 2.00 bits per heavy atom. The van der Waals surface area contributed by atoms with Gasteiger partial charge in [-0.1, -0.05) is 32.0 Å². The van der Waals surface area contributed by atoms with Crippen LogP contribution in [0.25, 0.3) is 0 Å². The van der Waals surface area contributed by atoms with Gasteiger partial charge in [0.05, 0.1) is 11.6 Å². The van der Waals surface area contributed by atoms with Gasteiger partial charge >= 0.3 is 5.97 Å². The Bertz CT molecular complexity index is 353. The number of hydrogen-bond donors (Lipinski definition) is 0.